The van der Waals surface area contributed by atoms with E-state index in [4.69, 9.17) is 4.42 Å². The highest BCUT2D eigenvalue weighted by Crippen LogP contribution is 2.23. The number of furan rings is 1. The molecule has 0 saturated heterocycles. The van der Waals surface area contributed by atoms with Gasteiger partial charge in [-0.3, -0.25) is 4.79 Å². The number of hydrogen-bond acceptors (Lipinski definition) is 6. The van der Waals surface area contributed by atoms with Gasteiger partial charge in [0.25, 0.3) is 0 Å². The maximum Gasteiger partial charge on any atom is 0.316 e. The van der Waals surface area contributed by atoms with Crippen molar-refractivity contribution >= 4 is 33.7 Å². The Hall–Kier alpha value is -1.28. The number of ether oxygens (including phenoxy) is 1. The summed E-state index contributed by atoms with van der Waals surface area (Å²) in [5.74, 6) is 0.971. The van der Waals surface area contributed by atoms with Crippen molar-refractivity contribution in [1.29, 1.82) is 0 Å². The minimum atomic E-state index is -0.311. The highest BCUT2D eigenvalue weighted by molar-refractivity contribution is 9.10. The van der Waals surface area contributed by atoms with Gasteiger partial charge < -0.3 is 14.1 Å². The number of hydrogen-bond donors (Lipinski definition) is 1. The maximum absolute atomic E-state index is 10.9. The van der Waals surface area contributed by atoms with Crippen LogP contribution in [0.1, 0.15) is 0 Å². The zero-order valence-electron chi connectivity index (χ0n) is 8.77. The van der Waals surface area contributed by atoms with E-state index < -0.39 is 0 Å². The molecule has 0 unspecified atom stereocenters. The van der Waals surface area contributed by atoms with E-state index in [1.165, 1.54) is 18.9 Å². The number of methoxy groups -OCH3 is 1. The van der Waals surface area contributed by atoms with E-state index in [0.29, 0.717) is 21.4 Å². The second kappa shape index (κ2) is 5.37. The van der Waals surface area contributed by atoms with Gasteiger partial charge in [-0.05, 0) is 28.1 Å². The Labute approximate surface area is 109 Å². The predicted octanol–water partition coefficient (Wildman–Crippen LogP) is 2.09. The number of H-pyrrole nitrogens is 1. The van der Waals surface area contributed by atoms with Gasteiger partial charge in [0, 0.05) is 0 Å². The molecule has 0 bridgehead atoms. The number of halogens is 1. The fourth-order valence-corrected chi connectivity index (χ4v) is 2.00. The lowest BCUT2D eigenvalue weighted by Gasteiger charge is -1.94. The summed E-state index contributed by atoms with van der Waals surface area (Å²) in [5.41, 5.74) is 0. The van der Waals surface area contributed by atoms with Crippen molar-refractivity contribution in [2.24, 2.45) is 0 Å². The van der Waals surface area contributed by atoms with Crippen molar-refractivity contribution in [3.8, 4) is 11.6 Å². The van der Waals surface area contributed by atoms with Crippen LogP contribution in [0.25, 0.3) is 11.6 Å². The van der Waals surface area contributed by atoms with Gasteiger partial charge in [0.15, 0.2) is 21.4 Å². The van der Waals surface area contributed by atoms with E-state index in [1.807, 2.05) is 0 Å². The molecule has 2 aromatic heterocycles. The third-order valence-electron chi connectivity index (χ3n) is 1.83. The molecule has 0 amide bonds. The molecule has 2 aromatic rings. The summed E-state index contributed by atoms with van der Waals surface area (Å²) in [4.78, 5) is 13.9. The molecule has 0 aromatic carbocycles. The molecule has 8 heteroatoms. The minimum Gasteiger partial charge on any atom is -0.468 e. The Morgan fingerprint density at radius 1 is 1.59 bits per heavy atom. The Morgan fingerprint density at radius 2 is 2.41 bits per heavy atom. The van der Waals surface area contributed by atoms with Crippen molar-refractivity contribution in [1.82, 2.24) is 15.2 Å². The molecule has 0 saturated carbocycles. The van der Waals surface area contributed by atoms with E-state index in [0.717, 1.165) is 0 Å². The molecule has 0 spiro atoms. The van der Waals surface area contributed by atoms with E-state index in [9.17, 15) is 4.79 Å². The number of aromatic nitrogens is 3. The quantitative estimate of drug-likeness (QED) is 0.687. The Bertz CT molecular complexity index is 525. The third-order valence-corrected chi connectivity index (χ3v) is 3.09. The monoisotopic (exact) mass is 317 g/mol. The fourth-order valence-electron chi connectivity index (χ4n) is 1.05. The van der Waals surface area contributed by atoms with E-state index in [2.05, 4.69) is 35.8 Å². The first kappa shape index (κ1) is 12.2. The van der Waals surface area contributed by atoms with Gasteiger partial charge in [-0.25, -0.2) is 0 Å². The van der Waals surface area contributed by atoms with Gasteiger partial charge in [0.2, 0.25) is 0 Å². The number of nitrogens with one attached hydrogen (secondary N) is 1. The summed E-state index contributed by atoms with van der Waals surface area (Å²) in [7, 11) is 1.34. The first-order valence-corrected chi connectivity index (χ1v) is 6.35. The summed E-state index contributed by atoms with van der Waals surface area (Å²) in [5, 5.41) is 8.33. The Kier molecular flexibility index (Phi) is 3.85. The molecule has 1 N–H and O–H groups in total. The van der Waals surface area contributed by atoms with Crippen molar-refractivity contribution in [2.75, 3.05) is 12.9 Å². The van der Waals surface area contributed by atoms with Gasteiger partial charge in [-0.1, -0.05) is 11.8 Å². The summed E-state index contributed by atoms with van der Waals surface area (Å²) in [6.07, 6.45) is 0. The topological polar surface area (TPSA) is 81.0 Å². The largest absolute Gasteiger partial charge is 0.468 e. The standard InChI is InChI=1S/C9H8BrN3O3S/c1-15-7(14)4-17-9-11-8(12-13-9)5-2-3-6(10)16-5/h2-3H,4H2,1H3,(H,11,12,13). The lowest BCUT2D eigenvalue weighted by molar-refractivity contribution is -0.137. The van der Waals surface area contributed by atoms with Gasteiger partial charge >= 0.3 is 5.97 Å². The van der Waals surface area contributed by atoms with Crippen LogP contribution in [0.15, 0.2) is 26.4 Å². The van der Waals surface area contributed by atoms with Crippen LogP contribution < -0.4 is 0 Å². The lowest BCUT2D eigenvalue weighted by atomic mass is 10.4. The van der Waals surface area contributed by atoms with Gasteiger partial charge in [0.05, 0.1) is 12.9 Å². The van der Waals surface area contributed by atoms with E-state index in [-0.39, 0.29) is 11.7 Å². The zero-order valence-corrected chi connectivity index (χ0v) is 11.2. The Morgan fingerprint density at radius 3 is 3.06 bits per heavy atom. The first-order chi connectivity index (χ1) is 8.19. The summed E-state index contributed by atoms with van der Waals surface area (Å²) in [6.45, 7) is 0. The normalized spacial score (nSPS) is 10.5. The average molecular weight is 318 g/mol. The SMILES string of the molecule is COC(=O)CSc1nnc(-c2ccc(Br)o2)[nH]1. The fraction of sp³-hybridized carbons (Fsp3) is 0.222. The molecule has 90 valence electrons. The molecule has 17 heavy (non-hydrogen) atoms. The van der Waals surface area contributed by atoms with Crippen molar-refractivity contribution in [3.05, 3.63) is 16.8 Å². The van der Waals surface area contributed by atoms with E-state index in [1.54, 1.807) is 12.1 Å². The molecule has 0 atom stereocenters. The smallest absolute Gasteiger partial charge is 0.316 e. The highest BCUT2D eigenvalue weighted by atomic mass is 79.9. The minimum absolute atomic E-state index is 0.187. The number of nitrogens with zero attached hydrogens (tertiary/aromatic N) is 2. The van der Waals surface area contributed by atoms with Gasteiger partial charge in [-0.15, -0.1) is 10.2 Å². The molecule has 2 heterocycles. The van der Waals surface area contributed by atoms with Crippen LogP contribution in [-0.2, 0) is 9.53 Å². The van der Waals surface area contributed by atoms with Crippen LogP contribution in [0, 0.1) is 0 Å². The number of esters is 1. The first-order valence-electron chi connectivity index (χ1n) is 4.57. The number of carbonyl (C=O) groups is 1. The number of aromatic amines is 1. The summed E-state index contributed by atoms with van der Waals surface area (Å²) >= 11 is 4.42. The molecular formula is C9H8BrN3O3S. The van der Waals surface area contributed by atoms with Crippen molar-refractivity contribution in [3.63, 3.8) is 0 Å². The van der Waals surface area contributed by atoms with Crippen LogP contribution in [-0.4, -0.2) is 34.0 Å². The van der Waals surface area contributed by atoms with Crippen molar-refractivity contribution < 1.29 is 13.9 Å². The van der Waals surface area contributed by atoms with Crippen LogP contribution in [0.2, 0.25) is 0 Å². The third kappa shape index (κ3) is 3.10. The number of rotatable bonds is 4. The van der Waals surface area contributed by atoms with Crippen LogP contribution >= 0.6 is 27.7 Å². The number of carbonyl (C=O) groups excluding carboxylic acids is 1. The molecule has 0 fully saturated rings. The van der Waals surface area contributed by atoms with Gasteiger partial charge in [-0.2, -0.15) is 0 Å². The zero-order chi connectivity index (χ0) is 12.3. The van der Waals surface area contributed by atoms with Crippen LogP contribution in [0.3, 0.4) is 0 Å². The second-order valence-corrected chi connectivity index (χ2v) is 4.69. The van der Waals surface area contributed by atoms with Crippen LogP contribution in [0.5, 0.6) is 0 Å². The lowest BCUT2D eigenvalue weighted by Crippen LogP contribution is -2.03. The average Bonchev–Trinajstić information content (AvgIpc) is 2.94. The molecular weight excluding hydrogens is 310 g/mol. The summed E-state index contributed by atoms with van der Waals surface area (Å²) < 4.78 is 10.5. The summed E-state index contributed by atoms with van der Waals surface area (Å²) in [6, 6.07) is 3.53. The molecule has 0 radical (unpaired) electrons. The molecule has 0 aliphatic heterocycles. The Balaban J connectivity index is 2.03. The molecule has 0 aliphatic carbocycles. The van der Waals surface area contributed by atoms with Crippen LogP contribution in [0.4, 0.5) is 0 Å². The van der Waals surface area contributed by atoms with Gasteiger partial charge in [0.1, 0.15) is 0 Å². The second-order valence-electron chi connectivity index (χ2n) is 2.95. The van der Waals surface area contributed by atoms with E-state index >= 15 is 0 Å². The predicted molar refractivity (Wildman–Crippen MR) is 64.5 cm³/mol. The van der Waals surface area contributed by atoms with Crippen molar-refractivity contribution in [2.45, 2.75) is 5.16 Å². The molecule has 2 rings (SSSR count). The number of thioether (sulfide) groups is 1. The molecule has 0 aliphatic rings. The maximum atomic E-state index is 10.9. The molecule has 6 nitrogen and oxygen atoms in total. The highest BCUT2D eigenvalue weighted by Gasteiger charge is 2.10.